The van der Waals surface area contributed by atoms with Crippen molar-refractivity contribution < 1.29 is 4.74 Å². The van der Waals surface area contributed by atoms with Crippen LogP contribution in [0.3, 0.4) is 0 Å². The highest BCUT2D eigenvalue weighted by Crippen LogP contribution is 2.23. The molecule has 1 aromatic rings. The van der Waals surface area contributed by atoms with Crippen LogP contribution in [0.1, 0.15) is 33.1 Å². The molecule has 0 radical (unpaired) electrons. The first-order valence-corrected chi connectivity index (χ1v) is 5.84. The van der Waals surface area contributed by atoms with Crippen LogP contribution in [0.15, 0.2) is 24.3 Å². The molecule has 0 aromatic heterocycles. The van der Waals surface area contributed by atoms with E-state index in [2.05, 4.69) is 25.2 Å². The normalized spacial score (nSPS) is 10.0. The summed E-state index contributed by atoms with van der Waals surface area (Å²) in [5.41, 5.74) is 1.11. The van der Waals surface area contributed by atoms with E-state index in [0.29, 0.717) is 0 Å². The van der Waals surface area contributed by atoms with Crippen LogP contribution in [-0.4, -0.2) is 13.2 Å². The molecule has 0 amide bonds. The van der Waals surface area contributed by atoms with Gasteiger partial charge in [-0.3, -0.25) is 0 Å². The SMILES string of the molecule is CCCCOc1ccccc1NCCC. The summed E-state index contributed by atoms with van der Waals surface area (Å²) in [5.74, 6) is 0.972. The molecule has 0 saturated heterocycles. The summed E-state index contributed by atoms with van der Waals surface area (Å²) in [7, 11) is 0. The second kappa shape index (κ2) is 7.16. The molecule has 0 aliphatic heterocycles. The van der Waals surface area contributed by atoms with E-state index in [4.69, 9.17) is 4.74 Å². The lowest BCUT2D eigenvalue weighted by atomic mass is 10.3. The van der Waals surface area contributed by atoms with E-state index in [-0.39, 0.29) is 0 Å². The molecule has 0 unspecified atom stereocenters. The highest BCUT2D eigenvalue weighted by Gasteiger charge is 2.00. The van der Waals surface area contributed by atoms with Gasteiger partial charge in [0.15, 0.2) is 0 Å². The average Bonchev–Trinajstić information content (AvgIpc) is 2.28. The number of ether oxygens (including phenoxy) is 1. The van der Waals surface area contributed by atoms with E-state index in [1.807, 2.05) is 18.2 Å². The monoisotopic (exact) mass is 207 g/mol. The van der Waals surface area contributed by atoms with Crippen LogP contribution >= 0.6 is 0 Å². The Bertz CT molecular complexity index is 273. The van der Waals surface area contributed by atoms with E-state index in [9.17, 15) is 0 Å². The largest absolute Gasteiger partial charge is 0.491 e. The number of rotatable bonds is 7. The zero-order valence-corrected chi connectivity index (χ0v) is 9.75. The molecule has 1 N–H and O–H groups in total. The zero-order chi connectivity index (χ0) is 10.9. The van der Waals surface area contributed by atoms with Gasteiger partial charge in [-0.2, -0.15) is 0 Å². The Balaban J connectivity index is 2.52. The number of para-hydroxylation sites is 2. The van der Waals surface area contributed by atoms with Crippen molar-refractivity contribution >= 4 is 5.69 Å². The van der Waals surface area contributed by atoms with Gasteiger partial charge in [-0.15, -0.1) is 0 Å². The molecule has 0 heterocycles. The molecule has 0 saturated carbocycles. The minimum absolute atomic E-state index is 0.807. The fourth-order valence-corrected chi connectivity index (χ4v) is 1.32. The highest BCUT2D eigenvalue weighted by molar-refractivity contribution is 5.56. The first kappa shape index (κ1) is 11.9. The van der Waals surface area contributed by atoms with Gasteiger partial charge in [-0.25, -0.2) is 0 Å². The Morgan fingerprint density at radius 2 is 1.93 bits per heavy atom. The minimum Gasteiger partial charge on any atom is -0.491 e. The molecular formula is C13H21NO. The number of anilines is 1. The summed E-state index contributed by atoms with van der Waals surface area (Å²) >= 11 is 0. The molecule has 1 aromatic carbocycles. The van der Waals surface area contributed by atoms with Crippen molar-refractivity contribution in [3.63, 3.8) is 0 Å². The van der Waals surface area contributed by atoms with E-state index in [0.717, 1.165) is 37.4 Å². The molecular weight excluding hydrogens is 186 g/mol. The van der Waals surface area contributed by atoms with E-state index in [1.54, 1.807) is 0 Å². The molecule has 0 aliphatic rings. The molecule has 1 rings (SSSR count). The Hall–Kier alpha value is -1.18. The second-order valence-corrected chi connectivity index (χ2v) is 3.62. The van der Waals surface area contributed by atoms with Crippen LogP contribution in [0.25, 0.3) is 0 Å². The number of nitrogens with one attached hydrogen (secondary N) is 1. The van der Waals surface area contributed by atoms with E-state index >= 15 is 0 Å². The van der Waals surface area contributed by atoms with Gasteiger partial charge in [-0.1, -0.05) is 32.4 Å². The van der Waals surface area contributed by atoms with Crippen molar-refractivity contribution in [1.82, 2.24) is 0 Å². The van der Waals surface area contributed by atoms with Gasteiger partial charge in [0, 0.05) is 6.54 Å². The summed E-state index contributed by atoms with van der Waals surface area (Å²) < 4.78 is 5.71. The molecule has 0 atom stereocenters. The molecule has 2 heteroatoms. The predicted molar refractivity (Wildman–Crippen MR) is 65.6 cm³/mol. The average molecular weight is 207 g/mol. The maximum absolute atomic E-state index is 5.71. The van der Waals surface area contributed by atoms with Crippen LogP contribution in [0.2, 0.25) is 0 Å². The summed E-state index contributed by atoms with van der Waals surface area (Å²) in [6.07, 6.45) is 3.41. The van der Waals surface area contributed by atoms with Gasteiger partial charge in [0.2, 0.25) is 0 Å². The summed E-state index contributed by atoms with van der Waals surface area (Å²) in [6, 6.07) is 8.13. The number of hydrogen-bond acceptors (Lipinski definition) is 2. The van der Waals surface area contributed by atoms with Crippen molar-refractivity contribution in [3.05, 3.63) is 24.3 Å². The lowest BCUT2D eigenvalue weighted by Crippen LogP contribution is -2.04. The van der Waals surface area contributed by atoms with Gasteiger partial charge in [0.1, 0.15) is 5.75 Å². The molecule has 0 spiro atoms. The quantitative estimate of drug-likeness (QED) is 0.688. The Morgan fingerprint density at radius 3 is 2.67 bits per heavy atom. The van der Waals surface area contributed by atoms with Crippen molar-refractivity contribution in [3.8, 4) is 5.75 Å². The van der Waals surface area contributed by atoms with Crippen LogP contribution in [0, 0.1) is 0 Å². The van der Waals surface area contributed by atoms with Gasteiger partial charge in [0.25, 0.3) is 0 Å². The van der Waals surface area contributed by atoms with Crippen molar-refractivity contribution in [2.24, 2.45) is 0 Å². The van der Waals surface area contributed by atoms with Crippen LogP contribution in [0.4, 0.5) is 5.69 Å². The summed E-state index contributed by atoms with van der Waals surface area (Å²) in [6.45, 7) is 6.13. The van der Waals surface area contributed by atoms with Crippen LogP contribution < -0.4 is 10.1 Å². The topological polar surface area (TPSA) is 21.3 Å². The third kappa shape index (κ3) is 4.24. The molecule has 2 nitrogen and oxygen atoms in total. The lowest BCUT2D eigenvalue weighted by molar-refractivity contribution is 0.310. The van der Waals surface area contributed by atoms with Crippen LogP contribution in [0.5, 0.6) is 5.75 Å². The molecule has 0 fully saturated rings. The Kier molecular flexibility index (Phi) is 5.67. The standard InChI is InChI=1S/C13H21NO/c1-3-5-11-15-13-9-7-6-8-12(13)14-10-4-2/h6-9,14H,3-5,10-11H2,1-2H3. The maximum Gasteiger partial charge on any atom is 0.142 e. The molecule has 84 valence electrons. The fraction of sp³-hybridized carbons (Fsp3) is 0.538. The third-order valence-corrected chi connectivity index (χ3v) is 2.21. The lowest BCUT2D eigenvalue weighted by Gasteiger charge is -2.12. The second-order valence-electron chi connectivity index (χ2n) is 3.62. The Morgan fingerprint density at radius 1 is 1.13 bits per heavy atom. The fourth-order valence-electron chi connectivity index (χ4n) is 1.32. The molecule has 0 aliphatic carbocycles. The number of benzene rings is 1. The maximum atomic E-state index is 5.71. The predicted octanol–water partition coefficient (Wildman–Crippen LogP) is 3.69. The first-order chi connectivity index (χ1) is 7.38. The highest BCUT2D eigenvalue weighted by atomic mass is 16.5. The summed E-state index contributed by atoms with van der Waals surface area (Å²) in [4.78, 5) is 0. The van der Waals surface area contributed by atoms with Gasteiger partial charge in [-0.05, 0) is 25.0 Å². The Labute approximate surface area is 92.6 Å². The zero-order valence-electron chi connectivity index (χ0n) is 9.75. The van der Waals surface area contributed by atoms with Gasteiger partial charge < -0.3 is 10.1 Å². The van der Waals surface area contributed by atoms with Crippen molar-refractivity contribution in [1.29, 1.82) is 0 Å². The third-order valence-electron chi connectivity index (χ3n) is 2.21. The number of unbranched alkanes of at least 4 members (excludes halogenated alkanes) is 1. The first-order valence-electron chi connectivity index (χ1n) is 5.84. The van der Waals surface area contributed by atoms with Gasteiger partial charge in [0.05, 0.1) is 12.3 Å². The number of hydrogen-bond donors (Lipinski definition) is 1. The van der Waals surface area contributed by atoms with Crippen LogP contribution in [-0.2, 0) is 0 Å². The minimum atomic E-state index is 0.807. The smallest absolute Gasteiger partial charge is 0.142 e. The molecule has 15 heavy (non-hydrogen) atoms. The van der Waals surface area contributed by atoms with Crippen molar-refractivity contribution in [2.45, 2.75) is 33.1 Å². The summed E-state index contributed by atoms with van der Waals surface area (Å²) in [5, 5.41) is 3.36. The van der Waals surface area contributed by atoms with E-state index < -0.39 is 0 Å². The van der Waals surface area contributed by atoms with E-state index in [1.165, 1.54) is 6.42 Å². The molecule has 0 bridgehead atoms. The van der Waals surface area contributed by atoms with Crippen molar-refractivity contribution in [2.75, 3.05) is 18.5 Å². The van der Waals surface area contributed by atoms with Gasteiger partial charge >= 0.3 is 0 Å².